The lowest BCUT2D eigenvalue weighted by Gasteiger charge is -1.98. The summed E-state index contributed by atoms with van der Waals surface area (Å²) in [4.78, 5) is 12.9. The Morgan fingerprint density at radius 2 is 2.05 bits per heavy atom. The second kappa shape index (κ2) is 7.59. The van der Waals surface area contributed by atoms with Crippen LogP contribution < -0.4 is 5.32 Å². The van der Waals surface area contributed by atoms with Crippen LogP contribution in [0.4, 0.5) is 0 Å². The Bertz CT molecular complexity index is 723. The summed E-state index contributed by atoms with van der Waals surface area (Å²) in [6, 6.07) is 10.3. The second-order valence-corrected chi connectivity index (χ2v) is 5.54. The van der Waals surface area contributed by atoms with E-state index in [-0.39, 0.29) is 0 Å². The lowest BCUT2D eigenvalue weighted by Crippen LogP contribution is -2.12. The summed E-state index contributed by atoms with van der Waals surface area (Å²) >= 11 is 1.59. The molecule has 0 aliphatic carbocycles. The molecule has 110 valence electrons. The van der Waals surface area contributed by atoms with Gasteiger partial charge in [0.05, 0.1) is 11.9 Å². The van der Waals surface area contributed by atoms with Crippen molar-refractivity contribution < 1.29 is 0 Å². The molecule has 22 heavy (non-hydrogen) atoms. The molecule has 2 heterocycles. The lowest BCUT2D eigenvalue weighted by atomic mass is 10.2. The maximum Gasteiger partial charge on any atom is 0.143 e. The second-order valence-electron chi connectivity index (χ2n) is 4.68. The van der Waals surface area contributed by atoms with Crippen LogP contribution in [-0.2, 0) is 6.54 Å². The average Bonchev–Trinajstić information content (AvgIpc) is 3.05. The number of hydrogen-bond donors (Lipinski definition) is 1. The summed E-state index contributed by atoms with van der Waals surface area (Å²) in [5.74, 6) is 0. The van der Waals surface area contributed by atoms with Crippen molar-refractivity contribution in [3.63, 3.8) is 0 Å². The molecule has 3 rings (SSSR count). The Balaban J connectivity index is 1.48. The quantitative estimate of drug-likeness (QED) is 0.709. The summed E-state index contributed by atoms with van der Waals surface area (Å²) in [6.07, 6.45) is 9.31. The van der Waals surface area contributed by atoms with Crippen molar-refractivity contribution in [1.29, 1.82) is 0 Å². The monoisotopic (exact) mass is 308 g/mol. The third-order valence-electron chi connectivity index (χ3n) is 3.01. The van der Waals surface area contributed by atoms with Gasteiger partial charge in [0.2, 0.25) is 0 Å². The van der Waals surface area contributed by atoms with Crippen LogP contribution in [0.5, 0.6) is 0 Å². The standard InChI is InChI=1S/C17H16N4S/c1-2-5-14(6-3-1)7-4-8-18-11-15-13-22-17(21-15)16-12-19-9-10-20-16/h1-7,9-10,12-13,18H,8,11H2. The van der Waals surface area contributed by atoms with Gasteiger partial charge in [0.1, 0.15) is 10.7 Å². The molecule has 0 saturated carbocycles. The maximum absolute atomic E-state index is 4.57. The highest BCUT2D eigenvalue weighted by molar-refractivity contribution is 7.13. The van der Waals surface area contributed by atoms with Crippen molar-refractivity contribution in [3.05, 3.63) is 71.6 Å². The lowest BCUT2D eigenvalue weighted by molar-refractivity contribution is 0.746. The van der Waals surface area contributed by atoms with Gasteiger partial charge < -0.3 is 5.32 Å². The predicted molar refractivity (Wildman–Crippen MR) is 90.3 cm³/mol. The van der Waals surface area contributed by atoms with E-state index in [1.165, 1.54) is 5.56 Å². The summed E-state index contributed by atoms with van der Waals surface area (Å²) < 4.78 is 0. The van der Waals surface area contributed by atoms with Gasteiger partial charge in [-0.1, -0.05) is 42.5 Å². The van der Waals surface area contributed by atoms with Crippen LogP contribution >= 0.6 is 11.3 Å². The molecular formula is C17H16N4S. The van der Waals surface area contributed by atoms with Gasteiger partial charge in [0.15, 0.2) is 0 Å². The van der Waals surface area contributed by atoms with Gasteiger partial charge in [-0.2, -0.15) is 0 Å². The number of benzene rings is 1. The van der Waals surface area contributed by atoms with Crippen molar-refractivity contribution in [2.24, 2.45) is 0 Å². The van der Waals surface area contributed by atoms with Gasteiger partial charge in [-0.15, -0.1) is 11.3 Å². The van der Waals surface area contributed by atoms with Gasteiger partial charge in [-0.05, 0) is 5.56 Å². The van der Waals surface area contributed by atoms with E-state index >= 15 is 0 Å². The van der Waals surface area contributed by atoms with E-state index in [0.29, 0.717) is 0 Å². The minimum Gasteiger partial charge on any atom is -0.308 e. The third kappa shape index (κ3) is 4.07. The SMILES string of the molecule is C(=Cc1ccccc1)CNCc1csc(-c2cnccn2)n1. The van der Waals surface area contributed by atoms with Crippen LogP contribution in [0.15, 0.2) is 60.4 Å². The molecule has 0 saturated heterocycles. The summed E-state index contributed by atoms with van der Waals surface area (Å²) in [5.41, 5.74) is 3.06. The molecule has 0 spiro atoms. The summed E-state index contributed by atoms with van der Waals surface area (Å²) in [6.45, 7) is 1.56. The van der Waals surface area contributed by atoms with E-state index in [4.69, 9.17) is 0 Å². The van der Waals surface area contributed by atoms with Crippen LogP contribution in [-0.4, -0.2) is 21.5 Å². The molecule has 0 unspecified atom stereocenters. The van der Waals surface area contributed by atoms with E-state index in [1.54, 1.807) is 29.9 Å². The zero-order valence-electron chi connectivity index (χ0n) is 12.0. The highest BCUT2D eigenvalue weighted by atomic mass is 32.1. The molecule has 0 aliphatic heterocycles. The Morgan fingerprint density at radius 1 is 1.14 bits per heavy atom. The first-order valence-corrected chi connectivity index (χ1v) is 7.93. The van der Waals surface area contributed by atoms with Crippen molar-refractivity contribution in [2.45, 2.75) is 6.54 Å². The van der Waals surface area contributed by atoms with Gasteiger partial charge in [0, 0.05) is 30.9 Å². The zero-order chi connectivity index (χ0) is 15.0. The van der Waals surface area contributed by atoms with E-state index in [9.17, 15) is 0 Å². The third-order valence-corrected chi connectivity index (χ3v) is 3.93. The van der Waals surface area contributed by atoms with Crippen molar-refractivity contribution >= 4 is 17.4 Å². The molecule has 0 fully saturated rings. The van der Waals surface area contributed by atoms with Crippen molar-refractivity contribution in [1.82, 2.24) is 20.3 Å². The molecule has 5 heteroatoms. The fourth-order valence-electron chi connectivity index (χ4n) is 1.96. The molecule has 1 aromatic carbocycles. The molecular weight excluding hydrogens is 292 g/mol. The Labute approximate surface area is 133 Å². The number of aromatic nitrogens is 3. The normalized spacial score (nSPS) is 11.1. The van der Waals surface area contributed by atoms with Crippen LogP contribution in [0.25, 0.3) is 16.8 Å². The fourth-order valence-corrected chi connectivity index (χ4v) is 2.74. The minimum absolute atomic E-state index is 0.746. The first kappa shape index (κ1) is 14.6. The Kier molecular flexibility index (Phi) is 5.02. The topological polar surface area (TPSA) is 50.7 Å². The molecule has 2 aromatic heterocycles. The molecule has 0 radical (unpaired) electrons. The smallest absolute Gasteiger partial charge is 0.143 e. The maximum atomic E-state index is 4.57. The van der Waals surface area contributed by atoms with E-state index < -0.39 is 0 Å². The van der Waals surface area contributed by atoms with Crippen LogP contribution in [0.1, 0.15) is 11.3 Å². The van der Waals surface area contributed by atoms with Gasteiger partial charge in [-0.3, -0.25) is 9.97 Å². The molecule has 0 atom stereocenters. The van der Waals surface area contributed by atoms with Crippen LogP contribution in [0.3, 0.4) is 0 Å². The summed E-state index contributed by atoms with van der Waals surface area (Å²) in [5, 5.41) is 6.32. The molecule has 3 aromatic rings. The van der Waals surface area contributed by atoms with E-state index in [1.807, 2.05) is 18.2 Å². The Hall–Kier alpha value is -2.37. The number of thiazole rings is 1. The first-order chi connectivity index (χ1) is 10.9. The molecule has 1 N–H and O–H groups in total. The van der Waals surface area contributed by atoms with E-state index in [0.717, 1.165) is 29.5 Å². The largest absolute Gasteiger partial charge is 0.308 e. The molecule has 0 aliphatic rings. The fraction of sp³-hybridized carbons (Fsp3) is 0.118. The first-order valence-electron chi connectivity index (χ1n) is 7.05. The highest BCUT2D eigenvalue weighted by Gasteiger charge is 2.05. The van der Waals surface area contributed by atoms with E-state index in [2.05, 4.69) is 49.9 Å². The number of hydrogen-bond acceptors (Lipinski definition) is 5. The van der Waals surface area contributed by atoms with Crippen LogP contribution in [0, 0.1) is 0 Å². The zero-order valence-corrected chi connectivity index (χ0v) is 12.8. The predicted octanol–water partition coefficient (Wildman–Crippen LogP) is 3.40. The number of rotatable bonds is 6. The molecule has 0 bridgehead atoms. The molecule has 4 nitrogen and oxygen atoms in total. The summed E-state index contributed by atoms with van der Waals surface area (Å²) in [7, 11) is 0. The number of nitrogens with one attached hydrogen (secondary N) is 1. The van der Waals surface area contributed by atoms with Crippen LogP contribution in [0.2, 0.25) is 0 Å². The van der Waals surface area contributed by atoms with Gasteiger partial charge in [0.25, 0.3) is 0 Å². The van der Waals surface area contributed by atoms with Gasteiger partial charge >= 0.3 is 0 Å². The van der Waals surface area contributed by atoms with Crippen molar-refractivity contribution in [3.8, 4) is 10.7 Å². The van der Waals surface area contributed by atoms with Gasteiger partial charge in [-0.25, -0.2) is 4.98 Å². The number of nitrogens with zero attached hydrogens (tertiary/aromatic N) is 3. The molecule has 0 amide bonds. The minimum atomic E-state index is 0.746. The highest BCUT2D eigenvalue weighted by Crippen LogP contribution is 2.20. The average molecular weight is 308 g/mol. The van der Waals surface area contributed by atoms with Crippen molar-refractivity contribution in [2.75, 3.05) is 6.54 Å². The Morgan fingerprint density at radius 3 is 2.86 bits per heavy atom.